The Labute approximate surface area is 120 Å². The molecule has 0 fully saturated rings. The molecule has 3 nitrogen and oxygen atoms in total. The molecule has 1 aromatic carbocycles. The third kappa shape index (κ3) is 5.55. The number of anilines is 2. The van der Waals surface area contributed by atoms with E-state index in [1.165, 1.54) is 0 Å². The summed E-state index contributed by atoms with van der Waals surface area (Å²) in [5.41, 5.74) is 8.24. The summed E-state index contributed by atoms with van der Waals surface area (Å²) in [5, 5.41) is 3.51. The van der Waals surface area contributed by atoms with Crippen LogP contribution in [0.25, 0.3) is 0 Å². The molecule has 0 bridgehead atoms. The standard InChI is InChI=1S/C15H24N2OS/c1-10(2)12(4)19-8-7-15(18)17-14-9-13(16)6-5-11(14)3/h5-6,9-10,12H,7-8,16H2,1-4H3,(H,17,18). The normalized spacial score (nSPS) is 12.5. The molecular weight excluding hydrogens is 256 g/mol. The quantitative estimate of drug-likeness (QED) is 0.781. The lowest BCUT2D eigenvalue weighted by Crippen LogP contribution is -2.15. The molecule has 0 aliphatic heterocycles. The Bertz CT molecular complexity index is 432. The van der Waals surface area contributed by atoms with Gasteiger partial charge in [-0.3, -0.25) is 4.79 Å². The van der Waals surface area contributed by atoms with Crippen LogP contribution in [0.3, 0.4) is 0 Å². The number of thioether (sulfide) groups is 1. The maximum Gasteiger partial charge on any atom is 0.225 e. The van der Waals surface area contributed by atoms with E-state index in [4.69, 9.17) is 5.73 Å². The number of nitrogen functional groups attached to an aromatic ring is 1. The van der Waals surface area contributed by atoms with Crippen molar-refractivity contribution in [2.45, 2.75) is 39.4 Å². The van der Waals surface area contributed by atoms with E-state index in [1.54, 1.807) is 6.07 Å². The van der Waals surface area contributed by atoms with Crippen LogP contribution in [0.15, 0.2) is 18.2 Å². The van der Waals surface area contributed by atoms with Crippen molar-refractivity contribution in [3.63, 3.8) is 0 Å². The first-order chi connectivity index (χ1) is 8.90. The summed E-state index contributed by atoms with van der Waals surface area (Å²) in [6.45, 7) is 8.57. The molecule has 0 aliphatic carbocycles. The highest BCUT2D eigenvalue weighted by Crippen LogP contribution is 2.21. The number of rotatable bonds is 6. The van der Waals surface area contributed by atoms with Crippen molar-refractivity contribution in [2.75, 3.05) is 16.8 Å². The van der Waals surface area contributed by atoms with Gasteiger partial charge in [-0.05, 0) is 30.5 Å². The Kier molecular flexibility index (Phi) is 6.22. The van der Waals surface area contributed by atoms with Gasteiger partial charge in [-0.1, -0.05) is 26.8 Å². The Balaban J connectivity index is 2.41. The molecule has 1 unspecified atom stereocenters. The average molecular weight is 280 g/mol. The van der Waals surface area contributed by atoms with Gasteiger partial charge in [0.25, 0.3) is 0 Å². The van der Waals surface area contributed by atoms with Crippen LogP contribution in [0.5, 0.6) is 0 Å². The molecule has 1 amide bonds. The highest BCUT2D eigenvalue weighted by Gasteiger charge is 2.09. The molecule has 0 aliphatic rings. The van der Waals surface area contributed by atoms with Gasteiger partial charge in [-0.25, -0.2) is 0 Å². The predicted molar refractivity (Wildman–Crippen MR) is 85.6 cm³/mol. The Morgan fingerprint density at radius 3 is 2.68 bits per heavy atom. The fourth-order valence-corrected chi connectivity index (χ4v) is 2.58. The van der Waals surface area contributed by atoms with Crippen molar-refractivity contribution >= 4 is 29.0 Å². The summed E-state index contributed by atoms with van der Waals surface area (Å²) in [7, 11) is 0. The molecule has 1 aromatic rings. The van der Waals surface area contributed by atoms with Crippen LogP contribution in [0.4, 0.5) is 11.4 Å². The van der Waals surface area contributed by atoms with Crippen molar-refractivity contribution in [2.24, 2.45) is 5.92 Å². The number of aryl methyl sites for hydroxylation is 1. The van der Waals surface area contributed by atoms with Gasteiger partial charge < -0.3 is 11.1 Å². The van der Waals surface area contributed by atoms with E-state index >= 15 is 0 Å². The first-order valence-corrected chi connectivity index (χ1v) is 7.72. The van der Waals surface area contributed by atoms with E-state index in [1.807, 2.05) is 30.8 Å². The monoisotopic (exact) mass is 280 g/mol. The number of hydrogen-bond donors (Lipinski definition) is 2. The Hall–Kier alpha value is -1.16. The predicted octanol–water partition coefficient (Wildman–Crippen LogP) is 3.68. The molecule has 0 saturated heterocycles. The van der Waals surface area contributed by atoms with Crippen LogP contribution in [0, 0.1) is 12.8 Å². The second-order valence-corrected chi connectivity index (χ2v) is 6.68. The second kappa shape index (κ2) is 7.43. The lowest BCUT2D eigenvalue weighted by Gasteiger charge is -2.14. The van der Waals surface area contributed by atoms with Crippen LogP contribution in [-0.4, -0.2) is 16.9 Å². The molecule has 0 saturated carbocycles. The van der Waals surface area contributed by atoms with E-state index in [9.17, 15) is 4.79 Å². The van der Waals surface area contributed by atoms with E-state index in [-0.39, 0.29) is 5.91 Å². The fourth-order valence-electron chi connectivity index (χ4n) is 1.52. The van der Waals surface area contributed by atoms with Gasteiger partial charge in [-0.2, -0.15) is 11.8 Å². The van der Waals surface area contributed by atoms with Crippen LogP contribution in [0.2, 0.25) is 0 Å². The fraction of sp³-hybridized carbons (Fsp3) is 0.533. The number of amides is 1. The van der Waals surface area contributed by atoms with Gasteiger partial charge in [0.1, 0.15) is 0 Å². The molecule has 0 aromatic heterocycles. The topological polar surface area (TPSA) is 55.1 Å². The van der Waals surface area contributed by atoms with Crippen molar-refractivity contribution < 1.29 is 4.79 Å². The van der Waals surface area contributed by atoms with Crippen LogP contribution in [-0.2, 0) is 4.79 Å². The maximum absolute atomic E-state index is 11.9. The van der Waals surface area contributed by atoms with Gasteiger partial charge in [0.15, 0.2) is 0 Å². The lowest BCUT2D eigenvalue weighted by molar-refractivity contribution is -0.115. The third-order valence-corrected chi connectivity index (χ3v) is 4.69. The minimum absolute atomic E-state index is 0.0529. The van der Waals surface area contributed by atoms with Crippen molar-refractivity contribution in [1.82, 2.24) is 0 Å². The maximum atomic E-state index is 11.9. The summed E-state index contributed by atoms with van der Waals surface area (Å²) in [6.07, 6.45) is 0.538. The SMILES string of the molecule is Cc1ccc(N)cc1NC(=O)CCSC(C)C(C)C. The van der Waals surface area contributed by atoms with E-state index in [2.05, 4.69) is 26.1 Å². The first-order valence-electron chi connectivity index (χ1n) is 6.67. The zero-order valence-corrected chi connectivity index (χ0v) is 13.0. The van der Waals surface area contributed by atoms with Crippen molar-refractivity contribution in [3.05, 3.63) is 23.8 Å². The van der Waals surface area contributed by atoms with Crippen LogP contribution >= 0.6 is 11.8 Å². The molecule has 0 spiro atoms. The largest absolute Gasteiger partial charge is 0.399 e. The number of nitrogens with one attached hydrogen (secondary N) is 1. The minimum Gasteiger partial charge on any atom is -0.399 e. The lowest BCUT2D eigenvalue weighted by atomic mass is 10.2. The van der Waals surface area contributed by atoms with Crippen molar-refractivity contribution in [1.29, 1.82) is 0 Å². The highest BCUT2D eigenvalue weighted by atomic mass is 32.2. The molecule has 106 valence electrons. The van der Waals surface area contributed by atoms with Gasteiger partial charge in [0.2, 0.25) is 5.91 Å². The second-order valence-electron chi connectivity index (χ2n) is 5.19. The van der Waals surface area contributed by atoms with Crippen LogP contribution < -0.4 is 11.1 Å². The van der Waals surface area contributed by atoms with E-state index < -0.39 is 0 Å². The van der Waals surface area contributed by atoms with Gasteiger partial charge in [0, 0.05) is 28.8 Å². The smallest absolute Gasteiger partial charge is 0.225 e. The molecule has 1 rings (SSSR count). The molecule has 1 atom stereocenters. The van der Waals surface area contributed by atoms with Crippen LogP contribution in [0.1, 0.15) is 32.8 Å². The van der Waals surface area contributed by atoms with Gasteiger partial charge >= 0.3 is 0 Å². The number of carbonyl (C=O) groups is 1. The summed E-state index contributed by atoms with van der Waals surface area (Å²) in [4.78, 5) is 11.9. The zero-order valence-electron chi connectivity index (χ0n) is 12.2. The van der Waals surface area contributed by atoms with Gasteiger partial charge in [-0.15, -0.1) is 0 Å². The Morgan fingerprint density at radius 1 is 1.37 bits per heavy atom. The molecule has 0 heterocycles. The molecule has 19 heavy (non-hydrogen) atoms. The van der Waals surface area contributed by atoms with E-state index in [0.717, 1.165) is 17.0 Å². The number of nitrogens with two attached hydrogens (primary N) is 1. The molecule has 0 radical (unpaired) electrons. The minimum atomic E-state index is 0.0529. The number of hydrogen-bond acceptors (Lipinski definition) is 3. The molecule has 3 N–H and O–H groups in total. The number of carbonyl (C=O) groups excluding carboxylic acids is 1. The highest BCUT2D eigenvalue weighted by molar-refractivity contribution is 7.99. The van der Waals surface area contributed by atoms with Gasteiger partial charge in [0.05, 0.1) is 0 Å². The molecular formula is C15H24N2OS. The molecule has 4 heteroatoms. The first kappa shape index (κ1) is 15.9. The number of benzene rings is 1. The zero-order chi connectivity index (χ0) is 14.4. The summed E-state index contributed by atoms with van der Waals surface area (Å²) >= 11 is 1.85. The summed E-state index contributed by atoms with van der Waals surface area (Å²) < 4.78 is 0. The summed E-state index contributed by atoms with van der Waals surface area (Å²) in [5.74, 6) is 1.55. The van der Waals surface area contributed by atoms with E-state index in [0.29, 0.717) is 23.3 Å². The third-order valence-electron chi connectivity index (χ3n) is 3.18. The average Bonchev–Trinajstić information content (AvgIpc) is 2.33. The summed E-state index contributed by atoms with van der Waals surface area (Å²) in [6, 6.07) is 5.56. The van der Waals surface area contributed by atoms with Crippen molar-refractivity contribution in [3.8, 4) is 0 Å². The Morgan fingerprint density at radius 2 is 2.05 bits per heavy atom.